The molecule has 0 bridgehead atoms. The SMILES string of the molecule is Cc1noc2nc(C(C)C)cc(C(=O)NCCc3cccs3)c12. The summed E-state index contributed by atoms with van der Waals surface area (Å²) in [6.07, 6.45) is 0.831. The monoisotopic (exact) mass is 329 g/mol. The van der Waals surface area contributed by atoms with Crippen LogP contribution >= 0.6 is 11.3 Å². The number of nitrogens with zero attached hydrogens (tertiary/aromatic N) is 2. The zero-order valence-corrected chi connectivity index (χ0v) is 14.2. The van der Waals surface area contributed by atoms with E-state index in [4.69, 9.17) is 4.52 Å². The van der Waals surface area contributed by atoms with E-state index in [0.717, 1.165) is 12.1 Å². The van der Waals surface area contributed by atoms with E-state index in [1.165, 1.54) is 4.88 Å². The first-order chi connectivity index (χ1) is 11.1. The summed E-state index contributed by atoms with van der Waals surface area (Å²) in [4.78, 5) is 18.3. The molecule has 3 aromatic heterocycles. The largest absolute Gasteiger partial charge is 0.352 e. The molecule has 0 aliphatic carbocycles. The maximum atomic E-state index is 12.6. The van der Waals surface area contributed by atoms with Crippen molar-refractivity contribution < 1.29 is 9.32 Å². The molecule has 3 rings (SSSR count). The maximum Gasteiger partial charge on any atom is 0.259 e. The highest BCUT2D eigenvalue weighted by atomic mass is 32.1. The standard InChI is InChI=1S/C17H19N3O2S/c1-10(2)14-9-13(15-11(3)20-22-17(15)19-14)16(21)18-7-6-12-5-4-8-23-12/h4-5,8-10H,6-7H2,1-3H3,(H,18,21). The minimum absolute atomic E-state index is 0.109. The molecule has 1 amide bonds. The molecule has 23 heavy (non-hydrogen) atoms. The Kier molecular flexibility index (Phi) is 4.43. The van der Waals surface area contributed by atoms with Crippen molar-refractivity contribution in [2.24, 2.45) is 0 Å². The van der Waals surface area contributed by atoms with E-state index in [0.29, 0.717) is 28.9 Å². The number of aromatic nitrogens is 2. The van der Waals surface area contributed by atoms with Crippen molar-refractivity contribution in [3.8, 4) is 0 Å². The van der Waals surface area contributed by atoms with E-state index in [1.54, 1.807) is 11.3 Å². The molecule has 5 nitrogen and oxygen atoms in total. The van der Waals surface area contributed by atoms with Crippen molar-refractivity contribution in [3.63, 3.8) is 0 Å². The van der Waals surface area contributed by atoms with E-state index in [2.05, 4.69) is 21.5 Å². The van der Waals surface area contributed by atoms with Crippen LogP contribution in [0.5, 0.6) is 0 Å². The summed E-state index contributed by atoms with van der Waals surface area (Å²) in [5.74, 6) is 0.102. The van der Waals surface area contributed by atoms with Crippen molar-refractivity contribution in [3.05, 3.63) is 45.4 Å². The Morgan fingerprint density at radius 2 is 2.26 bits per heavy atom. The lowest BCUT2D eigenvalue weighted by Crippen LogP contribution is -2.26. The zero-order chi connectivity index (χ0) is 16.4. The van der Waals surface area contributed by atoms with Gasteiger partial charge in [-0.3, -0.25) is 4.79 Å². The van der Waals surface area contributed by atoms with Crippen LogP contribution in [0.25, 0.3) is 11.1 Å². The van der Waals surface area contributed by atoms with Crippen LogP contribution in [0.4, 0.5) is 0 Å². The van der Waals surface area contributed by atoms with E-state index < -0.39 is 0 Å². The van der Waals surface area contributed by atoms with Gasteiger partial charge in [-0.15, -0.1) is 11.3 Å². The highest BCUT2D eigenvalue weighted by molar-refractivity contribution is 7.09. The smallest absolute Gasteiger partial charge is 0.259 e. The molecule has 3 aromatic rings. The molecular weight excluding hydrogens is 310 g/mol. The topological polar surface area (TPSA) is 68.0 Å². The van der Waals surface area contributed by atoms with Gasteiger partial charge in [0, 0.05) is 17.1 Å². The quantitative estimate of drug-likeness (QED) is 0.775. The number of nitrogens with one attached hydrogen (secondary N) is 1. The molecule has 0 saturated heterocycles. The van der Waals surface area contributed by atoms with Crippen LogP contribution in [0, 0.1) is 6.92 Å². The molecular formula is C17H19N3O2S. The molecule has 0 aliphatic heterocycles. The van der Waals surface area contributed by atoms with Crippen molar-refractivity contribution in [1.29, 1.82) is 0 Å². The molecule has 0 radical (unpaired) electrons. The van der Waals surface area contributed by atoms with Gasteiger partial charge in [0.1, 0.15) is 0 Å². The Morgan fingerprint density at radius 1 is 1.43 bits per heavy atom. The molecule has 120 valence electrons. The van der Waals surface area contributed by atoms with E-state index in [-0.39, 0.29) is 11.8 Å². The lowest BCUT2D eigenvalue weighted by atomic mass is 10.0. The van der Waals surface area contributed by atoms with Crippen molar-refractivity contribution in [2.75, 3.05) is 6.54 Å². The van der Waals surface area contributed by atoms with Gasteiger partial charge in [-0.1, -0.05) is 25.1 Å². The number of carbonyl (C=O) groups excluding carboxylic acids is 1. The minimum Gasteiger partial charge on any atom is -0.352 e. The fourth-order valence-electron chi connectivity index (χ4n) is 2.44. The summed E-state index contributed by atoms with van der Waals surface area (Å²) in [5, 5.41) is 9.67. The predicted molar refractivity (Wildman–Crippen MR) is 91.0 cm³/mol. The molecule has 0 saturated carbocycles. The van der Waals surface area contributed by atoms with Crippen molar-refractivity contribution in [1.82, 2.24) is 15.5 Å². The first-order valence-corrected chi connectivity index (χ1v) is 8.51. The van der Waals surface area contributed by atoms with Crippen molar-refractivity contribution >= 4 is 28.3 Å². The van der Waals surface area contributed by atoms with E-state index in [1.807, 2.05) is 38.3 Å². The first kappa shape index (κ1) is 15.7. The van der Waals surface area contributed by atoms with Gasteiger partial charge in [0.25, 0.3) is 11.6 Å². The molecule has 6 heteroatoms. The van der Waals surface area contributed by atoms with Crippen LogP contribution in [0.2, 0.25) is 0 Å². The van der Waals surface area contributed by atoms with Gasteiger partial charge in [0.15, 0.2) is 0 Å². The summed E-state index contributed by atoms with van der Waals surface area (Å²) in [6, 6.07) is 5.93. The summed E-state index contributed by atoms with van der Waals surface area (Å²) in [5.41, 5.74) is 2.53. The Bertz CT molecular complexity index is 822. The summed E-state index contributed by atoms with van der Waals surface area (Å²) in [7, 11) is 0. The predicted octanol–water partition coefficient (Wildman–Crippen LogP) is 3.69. The molecule has 0 spiro atoms. The van der Waals surface area contributed by atoms with Crippen LogP contribution in [-0.4, -0.2) is 22.6 Å². The molecule has 0 fully saturated rings. The van der Waals surface area contributed by atoms with Gasteiger partial charge in [-0.2, -0.15) is 0 Å². The third-order valence-corrected chi connectivity index (χ3v) is 4.65. The highest BCUT2D eigenvalue weighted by Crippen LogP contribution is 2.25. The van der Waals surface area contributed by atoms with Gasteiger partial charge < -0.3 is 9.84 Å². The van der Waals surface area contributed by atoms with Crippen LogP contribution in [-0.2, 0) is 6.42 Å². The Hall–Kier alpha value is -2.21. The van der Waals surface area contributed by atoms with Crippen molar-refractivity contribution in [2.45, 2.75) is 33.1 Å². The number of hydrogen-bond donors (Lipinski definition) is 1. The van der Waals surface area contributed by atoms with E-state index >= 15 is 0 Å². The van der Waals surface area contributed by atoms with Gasteiger partial charge in [0.05, 0.1) is 16.6 Å². The molecule has 0 atom stereocenters. The third-order valence-electron chi connectivity index (χ3n) is 3.71. The second-order valence-corrected chi connectivity index (χ2v) is 6.82. The average molecular weight is 329 g/mol. The number of fused-ring (bicyclic) bond motifs is 1. The van der Waals surface area contributed by atoms with Gasteiger partial charge in [-0.25, -0.2) is 4.98 Å². The lowest BCUT2D eigenvalue weighted by molar-refractivity contribution is 0.0955. The third kappa shape index (κ3) is 3.27. The fourth-order valence-corrected chi connectivity index (χ4v) is 3.15. The van der Waals surface area contributed by atoms with Crippen LogP contribution < -0.4 is 5.32 Å². The number of hydrogen-bond acceptors (Lipinski definition) is 5. The lowest BCUT2D eigenvalue weighted by Gasteiger charge is -2.09. The summed E-state index contributed by atoms with van der Waals surface area (Å²) < 4.78 is 5.25. The van der Waals surface area contributed by atoms with Crippen LogP contribution in [0.15, 0.2) is 28.1 Å². The second-order valence-electron chi connectivity index (χ2n) is 5.78. The van der Waals surface area contributed by atoms with Crippen LogP contribution in [0.1, 0.15) is 46.4 Å². The first-order valence-electron chi connectivity index (χ1n) is 7.63. The number of pyridine rings is 1. The summed E-state index contributed by atoms with van der Waals surface area (Å²) in [6.45, 7) is 6.50. The Labute approximate surface area is 138 Å². The number of carbonyl (C=O) groups is 1. The van der Waals surface area contributed by atoms with Gasteiger partial charge >= 0.3 is 0 Å². The van der Waals surface area contributed by atoms with E-state index in [9.17, 15) is 4.79 Å². The molecule has 1 N–H and O–H groups in total. The Morgan fingerprint density at radius 3 is 2.96 bits per heavy atom. The molecule has 0 unspecified atom stereocenters. The molecule has 0 aromatic carbocycles. The number of aryl methyl sites for hydroxylation is 1. The Balaban J connectivity index is 1.84. The maximum absolute atomic E-state index is 12.6. The molecule has 3 heterocycles. The number of rotatable bonds is 5. The zero-order valence-electron chi connectivity index (χ0n) is 13.4. The normalized spacial score (nSPS) is 11.3. The molecule has 0 aliphatic rings. The van der Waals surface area contributed by atoms with Gasteiger partial charge in [-0.05, 0) is 36.8 Å². The minimum atomic E-state index is -0.109. The number of thiophene rings is 1. The summed E-state index contributed by atoms with van der Waals surface area (Å²) >= 11 is 1.70. The van der Waals surface area contributed by atoms with Crippen LogP contribution in [0.3, 0.4) is 0 Å². The second kappa shape index (κ2) is 6.50. The number of amides is 1. The highest BCUT2D eigenvalue weighted by Gasteiger charge is 2.19. The van der Waals surface area contributed by atoms with Gasteiger partial charge in [0.2, 0.25) is 0 Å². The average Bonchev–Trinajstić information content (AvgIpc) is 3.16. The fraction of sp³-hybridized carbons (Fsp3) is 0.353.